The van der Waals surface area contributed by atoms with E-state index in [9.17, 15) is 14.6 Å². The van der Waals surface area contributed by atoms with E-state index in [1.807, 2.05) is 31.2 Å². The molecule has 2 fully saturated rings. The summed E-state index contributed by atoms with van der Waals surface area (Å²) < 4.78 is 22.3. The first kappa shape index (κ1) is 41.5. The molecule has 0 spiro atoms. The molecule has 2 N–H and O–H groups in total. The number of aliphatic imine (C=N–C) groups is 1. The number of β-amino-alcohol motifs (C(OH)–C–C–N with tert-alkyl or cyclic N) is 1. The van der Waals surface area contributed by atoms with Crippen LogP contribution in [0.2, 0.25) is 0 Å². The quantitative estimate of drug-likeness (QED) is 0.156. The summed E-state index contributed by atoms with van der Waals surface area (Å²) >= 11 is 1.78. The van der Waals surface area contributed by atoms with Gasteiger partial charge < -0.3 is 24.7 Å². The van der Waals surface area contributed by atoms with Gasteiger partial charge in [0, 0.05) is 90.7 Å². The minimum absolute atomic E-state index is 0.00379. The van der Waals surface area contributed by atoms with Crippen LogP contribution in [0, 0.1) is 26.6 Å². The number of piperidine rings is 1. The third kappa shape index (κ3) is 7.69. The second-order valence-corrected chi connectivity index (χ2v) is 19.3. The maximum Gasteiger partial charge on any atom is 0.162 e. The van der Waals surface area contributed by atoms with Crippen molar-refractivity contribution in [3.8, 4) is 16.5 Å². The average molecular weight is 866 g/mol. The summed E-state index contributed by atoms with van der Waals surface area (Å²) in [6.07, 6.45) is 3.16. The third-order valence-corrected chi connectivity index (χ3v) is 15.4. The van der Waals surface area contributed by atoms with Gasteiger partial charge in [-0.25, -0.2) is 4.39 Å². The van der Waals surface area contributed by atoms with Gasteiger partial charge in [0.05, 0.1) is 18.4 Å². The van der Waals surface area contributed by atoms with Gasteiger partial charge in [0.2, 0.25) is 0 Å². The molecular weight excluding hydrogens is 810 g/mol. The number of thiophene rings is 1. The second-order valence-electron chi connectivity index (χ2n) is 18.1. The molecule has 5 heterocycles. The molecule has 0 unspecified atom stereocenters. The fourth-order valence-electron chi connectivity index (χ4n) is 10.6. The van der Waals surface area contributed by atoms with Crippen molar-refractivity contribution in [1.29, 1.82) is 0 Å². The van der Waals surface area contributed by atoms with Crippen molar-refractivity contribution >= 4 is 28.4 Å². The highest BCUT2D eigenvalue weighted by Crippen LogP contribution is 2.50. The van der Waals surface area contributed by atoms with Gasteiger partial charge in [-0.3, -0.25) is 14.5 Å². The van der Waals surface area contributed by atoms with Crippen molar-refractivity contribution in [2.75, 3.05) is 62.7 Å². The zero-order chi connectivity index (χ0) is 43.6. The Morgan fingerprint density at radius 1 is 0.825 bits per heavy atom. The fraction of sp³-hybridized carbons (Fsp3) is 0.392. The normalized spacial score (nSPS) is 21.0. The number of hydrogen-bond acceptors (Lipinski definition) is 10. The zero-order valence-corrected chi connectivity index (χ0v) is 37.6. The Morgan fingerprint density at radius 3 is 2.25 bits per heavy atom. The van der Waals surface area contributed by atoms with Gasteiger partial charge in [-0.15, -0.1) is 21.5 Å². The number of rotatable bonds is 8. The minimum Gasteiger partial charge on any atom is -0.508 e. The highest BCUT2D eigenvalue weighted by atomic mass is 32.1. The molecule has 1 aliphatic carbocycles. The number of phenolic OH excluding ortho intramolecular Hbond substituents is 1. The van der Waals surface area contributed by atoms with Crippen LogP contribution in [0.15, 0.2) is 89.9 Å². The minimum atomic E-state index is -0.731. The number of fused-ring (bicyclic) bond motifs is 4. The number of methoxy groups -OCH3 is 1. The lowest BCUT2D eigenvalue weighted by atomic mass is 9.69. The van der Waals surface area contributed by atoms with E-state index in [0.717, 1.165) is 121 Å². The Balaban J connectivity index is 0.781. The predicted octanol–water partition coefficient (Wildman–Crippen LogP) is 9.03. The number of aromatic hydroxyl groups is 1. The van der Waals surface area contributed by atoms with Gasteiger partial charge in [-0.1, -0.05) is 36.4 Å². The molecule has 326 valence electrons. The summed E-state index contributed by atoms with van der Waals surface area (Å²) in [5.41, 5.74) is 10.6. The van der Waals surface area contributed by atoms with E-state index in [1.54, 1.807) is 36.6 Å². The first-order valence-electron chi connectivity index (χ1n) is 22.4. The molecule has 0 radical (unpaired) electrons. The number of phenols is 1. The lowest BCUT2D eigenvalue weighted by molar-refractivity contribution is -0.0173. The predicted molar refractivity (Wildman–Crippen MR) is 249 cm³/mol. The van der Waals surface area contributed by atoms with Gasteiger partial charge >= 0.3 is 0 Å². The molecule has 10 rings (SSSR count). The molecule has 2 saturated heterocycles. The molecule has 2 aromatic heterocycles. The van der Waals surface area contributed by atoms with Crippen molar-refractivity contribution in [1.82, 2.24) is 19.7 Å². The highest BCUT2D eigenvalue weighted by Gasteiger charge is 2.37. The monoisotopic (exact) mass is 865 g/mol. The Morgan fingerprint density at radius 2 is 1.52 bits per heavy atom. The first-order valence-corrected chi connectivity index (χ1v) is 23.2. The number of hydrogen-bond donors (Lipinski definition) is 2. The molecule has 4 aromatic carbocycles. The number of piperazine rings is 1. The van der Waals surface area contributed by atoms with E-state index in [1.165, 1.54) is 27.3 Å². The van der Waals surface area contributed by atoms with Crippen LogP contribution in [-0.2, 0) is 6.42 Å². The molecule has 3 atom stereocenters. The molecule has 63 heavy (non-hydrogen) atoms. The van der Waals surface area contributed by atoms with Gasteiger partial charge in [-0.2, -0.15) is 0 Å². The van der Waals surface area contributed by atoms with Gasteiger partial charge in [0.1, 0.15) is 34.2 Å². The van der Waals surface area contributed by atoms with Crippen LogP contribution < -0.4 is 14.5 Å². The van der Waals surface area contributed by atoms with Crippen molar-refractivity contribution in [3.05, 3.63) is 146 Å². The molecule has 4 aliphatic rings. The molecule has 0 amide bonds. The van der Waals surface area contributed by atoms with Crippen LogP contribution in [-0.4, -0.2) is 94.1 Å². The molecule has 0 saturated carbocycles. The maximum atomic E-state index is 14.0. The number of ether oxygens (including phenoxy) is 1. The second kappa shape index (κ2) is 16.5. The summed E-state index contributed by atoms with van der Waals surface area (Å²) in [4.78, 5) is 13.7. The summed E-state index contributed by atoms with van der Waals surface area (Å²) in [7, 11) is 1.74. The Hall–Kier alpha value is -5.56. The molecule has 12 heteroatoms. The maximum absolute atomic E-state index is 14.0. The van der Waals surface area contributed by atoms with E-state index in [0.29, 0.717) is 6.54 Å². The SMILES string of the molecule is COc1cc(N2CCN(CC3(O)CCN(c4ccc(C5=N[C@@H](C)c6nnc(C)n6-c6sc(C)c(C)c65)cc4)CC3)CC2)ccc1[C@@H]1c2ccc(O)cc2CC[C@@H]1c1ccc(F)cc1. The largest absolute Gasteiger partial charge is 0.508 e. The van der Waals surface area contributed by atoms with E-state index >= 15 is 0 Å². The number of benzene rings is 4. The van der Waals surface area contributed by atoms with Crippen LogP contribution >= 0.6 is 11.3 Å². The van der Waals surface area contributed by atoms with Crippen LogP contribution in [0.1, 0.15) is 99.5 Å². The Bertz CT molecular complexity index is 2680. The van der Waals surface area contributed by atoms with Crippen molar-refractivity contribution in [2.24, 2.45) is 4.99 Å². The van der Waals surface area contributed by atoms with Crippen molar-refractivity contribution in [3.63, 3.8) is 0 Å². The van der Waals surface area contributed by atoms with Crippen LogP contribution in [0.3, 0.4) is 0 Å². The highest BCUT2D eigenvalue weighted by molar-refractivity contribution is 7.15. The average Bonchev–Trinajstić information content (AvgIpc) is 3.78. The number of anilines is 2. The number of aryl methyl sites for hydroxylation is 3. The molecule has 0 bridgehead atoms. The molecular formula is C51H56FN7O3S. The zero-order valence-electron chi connectivity index (χ0n) is 36.8. The summed E-state index contributed by atoms with van der Waals surface area (Å²) in [6.45, 7) is 14.2. The smallest absolute Gasteiger partial charge is 0.162 e. The summed E-state index contributed by atoms with van der Waals surface area (Å²) in [6, 6.07) is 27.9. The fourth-order valence-corrected chi connectivity index (χ4v) is 11.9. The van der Waals surface area contributed by atoms with Crippen LogP contribution in [0.25, 0.3) is 5.00 Å². The number of nitrogens with zero attached hydrogens (tertiary/aromatic N) is 7. The molecule has 3 aliphatic heterocycles. The topological polar surface area (TPSA) is 102 Å². The van der Waals surface area contributed by atoms with Crippen LogP contribution in [0.4, 0.5) is 15.8 Å². The number of aromatic nitrogens is 3. The first-order chi connectivity index (χ1) is 30.5. The van der Waals surface area contributed by atoms with Gasteiger partial charge in [-0.05, 0) is 124 Å². The van der Waals surface area contributed by atoms with E-state index in [2.05, 4.69) is 92.7 Å². The standard InChI is InChI=1S/C51H56FN7O3S/c1-31-33(3)63-50-46(31)48(53-32(2)49-55-54-34(4)59(49)50)36-8-13-39(14-9-36)57-22-20-51(61,21-23-57)30-56-24-26-58(27-25-56)40-15-18-44(45(29-40)62-5)47-42(35-6-11-38(52)12-7-35)17-10-37-28-41(60)16-19-43(37)47/h6-9,11-16,18-19,28-29,32,42,47,60-61H,10,17,20-27,30H2,1-5H3/t32-,42+,47-/m0/s1. The summed E-state index contributed by atoms with van der Waals surface area (Å²) in [5, 5.41) is 32.3. The molecule has 6 aromatic rings. The molecule has 10 nitrogen and oxygen atoms in total. The van der Waals surface area contributed by atoms with E-state index in [-0.39, 0.29) is 29.4 Å². The van der Waals surface area contributed by atoms with Crippen LogP contribution in [0.5, 0.6) is 11.5 Å². The number of aliphatic hydroxyl groups is 1. The Labute approximate surface area is 373 Å². The van der Waals surface area contributed by atoms with Gasteiger partial charge in [0.15, 0.2) is 5.82 Å². The van der Waals surface area contributed by atoms with E-state index in [4.69, 9.17) is 9.73 Å². The lowest BCUT2D eigenvalue weighted by Crippen LogP contribution is -2.55. The van der Waals surface area contributed by atoms with E-state index < -0.39 is 5.60 Å². The number of halogens is 1. The Kier molecular flexibility index (Phi) is 10.9. The third-order valence-electron chi connectivity index (χ3n) is 14.2. The lowest BCUT2D eigenvalue weighted by Gasteiger charge is -2.44. The van der Waals surface area contributed by atoms with Crippen molar-refractivity contribution in [2.45, 2.75) is 76.9 Å². The summed E-state index contributed by atoms with van der Waals surface area (Å²) in [5.74, 6) is 2.76. The van der Waals surface area contributed by atoms with Gasteiger partial charge in [0.25, 0.3) is 0 Å². The van der Waals surface area contributed by atoms with Crippen molar-refractivity contribution < 1.29 is 19.3 Å².